The summed E-state index contributed by atoms with van der Waals surface area (Å²) in [5, 5.41) is 13.4. The summed E-state index contributed by atoms with van der Waals surface area (Å²) >= 11 is 7.64. The average Bonchev–Trinajstić information content (AvgIpc) is 2.75. The van der Waals surface area contributed by atoms with E-state index in [9.17, 15) is 4.79 Å². The van der Waals surface area contributed by atoms with Gasteiger partial charge in [0.25, 0.3) is 5.91 Å². The van der Waals surface area contributed by atoms with Crippen LogP contribution in [-0.4, -0.2) is 23.7 Å². The second-order valence-electron chi connectivity index (χ2n) is 4.66. The molecule has 2 rings (SSSR count). The standard InChI is InChI=1S/C14H16ClNO2S/c1-8(7-17)9(2)16-14(18)13-12(15)10-5-3-4-6-11(10)19-13/h3-6,8-9,17H,7H2,1-2H3,(H,16,18)/t8-,9+/m0/s1. The first kappa shape index (κ1) is 14.3. The lowest BCUT2D eigenvalue weighted by Gasteiger charge is -2.18. The highest BCUT2D eigenvalue weighted by Crippen LogP contribution is 2.35. The van der Waals surface area contributed by atoms with E-state index < -0.39 is 0 Å². The Morgan fingerprint density at radius 3 is 2.74 bits per heavy atom. The van der Waals surface area contributed by atoms with E-state index in [2.05, 4.69) is 5.32 Å². The van der Waals surface area contributed by atoms with Crippen molar-refractivity contribution in [1.82, 2.24) is 5.32 Å². The SMILES string of the molecule is C[C@@H](CO)[C@@H](C)NC(=O)c1sc2ccccc2c1Cl. The normalized spacial score (nSPS) is 14.3. The molecule has 0 bridgehead atoms. The molecule has 1 aromatic carbocycles. The minimum absolute atomic E-state index is 0.0112. The van der Waals surface area contributed by atoms with Crippen LogP contribution in [0.4, 0.5) is 0 Å². The molecule has 0 aliphatic heterocycles. The molecule has 1 amide bonds. The molecule has 19 heavy (non-hydrogen) atoms. The van der Waals surface area contributed by atoms with Crippen molar-refractivity contribution in [2.45, 2.75) is 19.9 Å². The highest BCUT2D eigenvalue weighted by Gasteiger charge is 2.20. The third-order valence-electron chi connectivity index (χ3n) is 3.24. The molecule has 0 fully saturated rings. The van der Waals surface area contributed by atoms with Gasteiger partial charge >= 0.3 is 0 Å². The summed E-state index contributed by atoms with van der Waals surface area (Å²) in [5.41, 5.74) is 0. The monoisotopic (exact) mass is 297 g/mol. The Balaban J connectivity index is 2.24. The zero-order valence-electron chi connectivity index (χ0n) is 10.8. The van der Waals surface area contributed by atoms with Crippen molar-refractivity contribution in [1.29, 1.82) is 0 Å². The molecule has 3 nitrogen and oxygen atoms in total. The van der Waals surface area contributed by atoms with Gasteiger partial charge in [0.15, 0.2) is 0 Å². The summed E-state index contributed by atoms with van der Waals surface area (Å²) in [6.45, 7) is 3.80. The number of fused-ring (bicyclic) bond motifs is 1. The Hall–Kier alpha value is -1.10. The summed E-state index contributed by atoms with van der Waals surface area (Å²) in [4.78, 5) is 12.7. The molecule has 2 aromatic rings. The van der Waals surface area contributed by atoms with Crippen molar-refractivity contribution in [2.24, 2.45) is 5.92 Å². The first-order chi connectivity index (χ1) is 9.04. The number of halogens is 1. The maximum atomic E-state index is 12.2. The molecule has 1 aromatic heterocycles. The lowest BCUT2D eigenvalue weighted by Crippen LogP contribution is -2.38. The highest BCUT2D eigenvalue weighted by molar-refractivity contribution is 7.21. The van der Waals surface area contributed by atoms with Gasteiger partial charge in [-0.1, -0.05) is 36.7 Å². The Morgan fingerprint density at radius 2 is 2.11 bits per heavy atom. The summed E-state index contributed by atoms with van der Waals surface area (Å²) in [7, 11) is 0. The fourth-order valence-electron chi connectivity index (χ4n) is 1.73. The number of rotatable bonds is 4. The number of thiophene rings is 1. The van der Waals surface area contributed by atoms with Crippen LogP contribution in [0.3, 0.4) is 0 Å². The quantitative estimate of drug-likeness (QED) is 0.909. The van der Waals surface area contributed by atoms with Crippen LogP contribution in [0.5, 0.6) is 0 Å². The van der Waals surface area contributed by atoms with Crippen molar-refractivity contribution < 1.29 is 9.90 Å². The van der Waals surface area contributed by atoms with Crippen LogP contribution in [-0.2, 0) is 0 Å². The number of hydrogen-bond acceptors (Lipinski definition) is 3. The summed E-state index contributed by atoms with van der Waals surface area (Å²) < 4.78 is 1.00. The Bertz CT molecular complexity index is 596. The minimum atomic E-state index is -0.181. The van der Waals surface area contributed by atoms with E-state index in [1.54, 1.807) is 0 Å². The Kier molecular flexibility index (Phi) is 4.45. The lowest BCUT2D eigenvalue weighted by molar-refractivity contribution is 0.0920. The van der Waals surface area contributed by atoms with Gasteiger partial charge in [0, 0.05) is 22.7 Å². The molecular weight excluding hydrogens is 282 g/mol. The fourth-order valence-corrected chi connectivity index (χ4v) is 3.15. The number of aliphatic hydroxyl groups excluding tert-OH is 1. The van der Waals surface area contributed by atoms with Crippen LogP contribution in [0.2, 0.25) is 5.02 Å². The summed E-state index contributed by atoms with van der Waals surface area (Å²) in [6.07, 6.45) is 0. The van der Waals surface area contributed by atoms with Crippen molar-refractivity contribution >= 4 is 38.9 Å². The number of benzene rings is 1. The van der Waals surface area contributed by atoms with Crippen LogP contribution in [0.25, 0.3) is 10.1 Å². The van der Waals surface area contributed by atoms with Gasteiger partial charge in [-0.2, -0.15) is 0 Å². The molecule has 0 radical (unpaired) electrons. The smallest absolute Gasteiger partial charge is 0.263 e. The van der Waals surface area contributed by atoms with Gasteiger partial charge < -0.3 is 10.4 Å². The minimum Gasteiger partial charge on any atom is -0.396 e. The van der Waals surface area contributed by atoms with Gasteiger partial charge in [0.05, 0.1) is 5.02 Å². The molecule has 102 valence electrons. The van der Waals surface area contributed by atoms with Gasteiger partial charge in [-0.05, 0) is 18.9 Å². The third kappa shape index (κ3) is 2.91. The second-order valence-corrected chi connectivity index (χ2v) is 6.09. The average molecular weight is 298 g/mol. The van der Waals surface area contributed by atoms with E-state index >= 15 is 0 Å². The zero-order chi connectivity index (χ0) is 14.0. The number of carbonyl (C=O) groups is 1. The predicted molar refractivity (Wildman–Crippen MR) is 80.0 cm³/mol. The molecule has 0 unspecified atom stereocenters. The van der Waals surface area contributed by atoms with Crippen molar-refractivity contribution in [3.63, 3.8) is 0 Å². The van der Waals surface area contributed by atoms with E-state index in [1.165, 1.54) is 11.3 Å². The van der Waals surface area contributed by atoms with Crippen molar-refractivity contribution in [2.75, 3.05) is 6.61 Å². The van der Waals surface area contributed by atoms with Gasteiger partial charge in [-0.15, -0.1) is 11.3 Å². The number of aliphatic hydroxyl groups is 1. The van der Waals surface area contributed by atoms with Crippen LogP contribution >= 0.6 is 22.9 Å². The first-order valence-corrected chi connectivity index (χ1v) is 7.32. The highest BCUT2D eigenvalue weighted by atomic mass is 35.5. The molecule has 0 saturated carbocycles. The van der Waals surface area contributed by atoms with Crippen molar-refractivity contribution in [3.05, 3.63) is 34.2 Å². The van der Waals surface area contributed by atoms with Crippen LogP contribution in [0, 0.1) is 5.92 Å². The third-order valence-corrected chi connectivity index (χ3v) is 4.92. The summed E-state index contributed by atoms with van der Waals surface area (Å²) in [6, 6.07) is 7.58. The van der Waals surface area contributed by atoms with Gasteiger partial charge in [0.1, 0.15) is 4.88 Å². The Labute approximate surface area is 121 Å². The largest absolute Gasteiger partial charge is 0.396 e. The molecule has 5 heteroatoms. The fraction of sp³-hybridized carbons (Fsp3) is 0.357. The maximum Gasteiger partial charge on any atom is 0.263 e. The van der Waals surface area contributed by atoms with Crippen LogP contribution < -0.4 is 5.32 Å². The topological polar surface area (TPSA) is 49.3 Å². The van der Waals surface area contributed by atoms with E-state index in [0.29, 0.717) is 9.90 Å². The van der Waals surface area contributed by atoms with Gasteiger partial charge in [0.2, 0.25) is 0 Å². The van der Waals surface area contributed by atoms with E-state index in [0.717, 1.165) is 10.1 Å². The number of carbonyl (C=O) groups excluding carboxylic acids is 1. The van der Waals surface area contributed by atoms with E-state index in [-0.39, 0.29) is 24.5 Å². The van der Waals surface area contributed by atoms with Gasteiger partial charge in [-0.3, -0.25) is 4.79 Å². The van der Waals surface area contributed by atoms with Crippen LogP contribution in [0.1, 0.15) is 23.5 Å². The molecule has 0 aliphatic rings. The second kappa shape index (κ2) is 5.90. The molecular formula is C14H16ClNO2S. The number of hydrogen-bond donors (Lipinski definition) is 2. The maximum absolute atomic E-state index is 12.2. The predicted octanol–water partition coefficient (Wildman–Crippen LogP) is 3.30. The van der Waals surface area contributed by atoms with E-state index in [4.69, 9.17) is 16.7 Å². The lowest BCUT2D eigenvalue weighted by atomic mass is 10.1. The molecule has 2 atom stereocenters. The molecule has 2 N–H and O–H groups in total. The molecule has 0 spiro atoms. The molecule has 1 heterocycles. The number of amides is 1. The Morgan fingerprint density at radius 1 is 1.42 bits per heavy atom. The molecule has 0 aliphatic carbocycles. The summed E-state index contributed by atoms with van der Waals surface area (Å²) in [5.74, 6) is -0.170. The zero-order valence-corrected chi connectivity index (χ0v) is 12.4. The van der Waals surface area contributed by atoms with Crippen LogP contribution in [0.15, 0.2) is 24.3 Å². The number of nitrogens with one attached hydrogen (secondary N) is 1. The van der Waals surface area contributed by atoms with E-state index in [1.807, 2.05) is 38.1 Å². The van der Waals surface area contributed by atoms with Gasteiger partial charge in [-0.25, -0.2) is 0 Å². The van der Waals surface area contributed by atoms with Crippen molar-refractivity contribution in [3.8, 4) is 0 Å². The first-order valence-electron chi connectivity index (χ1n) is 6.13. The molecule has 0 saturated heterocycles.